The second-order valence-corrected chi connectivity index (χ2v) is 8.88. The van der Waals surface area contributed by atoms with Crippen LogP contribution in [0.1, 0.15) is 36.2 Å². The van der Waals surface area contributed by atoms with Gasteiger partial charge >= 0.3 is 6.18 Å². The molecule has 0 amide bonds. The van der Waals surface area contributed by atoms with Crippen LogP contribution in [0.15, 0.2) is 53.7 Å². The molecule has 0 bridgehead atoms. The summed E-state index contributed by atoms with van der Waals surface area (Å²) in [5.41, 5.74) is 1.22. The molecule has 9 heteroatoms. The van der Waals surface area contributed by atoms with Crippen molar-refractivity contribution >= 4 is 34.9 Å². The Labute approximate surface area is 193 Å². The van der Waals surface area contributed by atoms with E-state index < -0.39 is 11.7 Å². The Morgan fingerprint density at radius 1 is 1.12 bits per heavy atom. The molecule has 1 aromatic heterocycles. The zero-order valence-corrected chi connectivity index (χ0v) is 18.9. The minimum absolute atomic E-state index is 0.191. The Morgan fingerprint density at radius 2 is 1.84 bits per heavy atom. The van der Waals surface area contributed by atoms with Gasteiger partial charge in [0.1, 0.15) is 11.6 Å². The molecule has 2 aromatic carbocycles. The molecule has 0 aliphatic heterocycles. The van der Waals surface area contributed by atoms with Crippen LogP contribution in [-0.4, -0.2) is 9.97 Å². The summed E-state index contributed by atoms with van der Waals surface area (Å²) in [7, 11) is 0. The van der Waals surface area contributed by atoms with Gasteiger partial charge in [0.2, 0.25) is 0 Å². The first-order valence-electron chi connectivity index (χ1n) is 9.78. The van der Waals surface area contributed by atoms with Gasteiger partial charge in [0.15, 0.2) is 11.0 Å². The van der Waals surface area contributed by atoms with Crippen molar-refractivity contribution in [3.05, 3.63) is 75.9 Å². The highest BCUT2D eigenvalue weighted by Crippen LogP contribution is 2.32. The van der Waals surface area contributed by atoms with E-state index >= 15 is 0 Å². The summed E-state index contributed by atoms with van der Waals surface area (Å²) in [4.78, 5) is 9.00. The molecule has 0 aliphatic rings. The first-order chi connectivity index (χ1) is 15.2. The maximum Gasteiger partial charge on any atom is 0.416 e. The standard InChI is InChI=1S/C23H20ClF3N4S/c1-14(2)10-20-19(12-28)21(29-18-5-3-4-16(11-18)23(25,26)27)31-22(30-20)32-13-15-6-8-17(24)9-7-15/h3-9,11,14H,10,13H2,1-2H3,(H,29,30,31). The second kappa shape index (κ2) is 10.2. The Balaban J connectivity index is 1.95. The van der Waals surface area contributed by atoms with E-state index in [-0.39, 0.29) is 23.0 Å². The van der Waals surface area contributed by atoms with E-state index in [0.29, 0.717) is 28.0 Å². The summed E-state index contributed by atoms with van der Waals surface area (Å²) in [6.45, 7) is 4.01. The van der Waals surface area contributed by atoms with Crippen molar-refractivity contribution in [2.24, 2.45) is 5.92 Å². The lowest BCUT2D eigenvalue weighted by atomic mass is 10.0. The lowest BCUT2D eigenvalue weighted by molar-refractivity contribution is -0.137. The predicted molar refractivity (Wildman–Crippen MR) is 121 cm³/mol. The van der Waals surface area contributed by atoms with E-state index in [1.54, 1.807) is 12.1 Å². The largest absolute Gasteiger partial charge is 0.416 e. The van der Waals surface area contributed by atoms with Crippen LogP contribution >= 0.6 is 23.4 Å². The molecule has 3 aromatic rings. The van der Waals surface area contributed by atoms with Crippen LogP contribution in [0.25, 0.3) is 0 Å². The van der Waals surface area contributed by atoms with E-state index in [2.05, 4.69) is 21.4 Å². The number of hydrogen-bond acceptors (Lipinski definition) is 5. The van der Waals surface area contributed by atoms with Crippen LogP contribution < -0.4 is 5.32 Å². The van der Waals surface area contributed by atoms with Crippen LogP contribution in [0.5, 0.6) is 0 Å². The Kier molecular flexibility index (Phi) is 7.64. The molecule has 0 unspecified atom stereocenters. The molecule has 0 atom stereocenters. The molecule has 0 aliphatic carbocycles. The second-order valence-electron chi connectivity index (χ2n) is 7.50. The van der Waals surface area contributed by atoms with Crippen LogP contribution in [0.2, 0.25) is 5.02 Å². The van der Waals surface area contributed by atoms with Crippen molar-refractivity contribution in [1.29, 1.82) is 5.26 Å². The first-order valence-corrected chi connectivity index (χ1v) is 11.1. The fourth-order valence-electron chi connectivity index (χ4n) is 2.93. The van der Waals surface area contributed by atoms with Gasteiger partial charge in [-0.3, -0.25) is 0 Å². The molecule has 0 saturated heterocycles. The van der Waals surface area contributed by atoms with Gasteiger partial charge in [-0.1, -0.05) is 55.4 Å². The summed E-state index contributed by atoms with van der Waals surface area (Å²) < 4.78 is 39.3. The highest BCUT2D eigenvalue weighted by molar-refractivity contribution is 7.98. The van der Waals surface area contributed by atoms with Gasteiger partial charge in [0, 0.05) is 16.5 Å². The maximum absolute atomic E-state index is 13.1. The Hall–Kier alpha value is -2.76. The van der Waals surface area contributed by atoms with Crippen molar-refractivity contribution in [3.8, 4) is 6.07 Å². The quantitative estimate of drug-likeness (QED) is 0.287. The van der Waals surface area contributed by atoms with Crippen LogP contribution in [-0.2, 0) is 18.3 Å². The molecular formula is C23H20ClF3N4S. The van der Waals surface area contributed by atoms with Crippen molar-refractivity contribution in [2.45, 2.75) is 37.4 Å². The molecule has 1 N–H and O–H groups in total. The van der Waals surface area contributed by atoms with Gasteiger partial charge in [-0.05, 0) is 48.2 Å². The van der Waals surface area contributed by atoms with Crippen molar-refractivity contribution < 1.29 is 13.2 Å². The topological polar surface area (TPSA) is 61.6 Å². The first kappa shape index (κ1) is 23.9. The summed E-state index contributed by atoms with van der Waals surface area (Å²) in [6.07, 6.45) is -3.93. The fourth-order valence-corrected chi connectivity index (χ4v) is 3.87. The molecule has 32 heavy (non-hydrogen) atoms. The normalized spacial score (nSPS) is 11.4. The Bertz CT molecular complexity index is 1130. The molecule has 166 valence electrons. The number of aromatic nitrogens is 2. The smallest absolute Gasteiger partial charge is 0.339 e. The van der Waals surface area contributed by atoms with Gasteiger partial charge in [0.25, 0.3) is 0 Å². The van der Waals surface area contributed by atoms with Crippen LogP contribution in [0, 0.1) is 17.2 Å². The van der Waals surface area contributed by atoms with Crippen LogP contribution in [0.4, 0.5) is 24.7 Å². The average molecular weight is 477 g/mol. The van der Waals surface area contributed by atoms with Gasteiger partial charge in [-0.15, -0.1) is 0 Å². The molecule has 0 radical (unpaired) electrons. The van der Waals surface area contributed by atoms with Crippen LogP contribution in [0.3, 0.4) is 0 Å². The highest BCUT2D eigenvalue weighted by atomic mass is 35.5. The van der Waals surface area contributed by atoms with E-state index in [4.69, 9.17) is 11.6 Å². The zero-order chi connectivity index (χ0) is 23.3. The minimum atomic E-state index is -4.47. The molecule has 1 heterocycles. The summed E-state index contributed by atoms with van der Waals surface area (Å²) >= 11 is 7.30. The molecule has 3 rings (SSSR count). The summed E-state index contributed by atoms with van der Waals surface area (Å²) in [6, 6.07) is 14.3. The van der Waals surface area contributed by atoms with Gasteiger partial charge in [-0.25, -0.2) is 9.97 Å². The number of benzene rings is 2. The van der Waals surface area contributed by atoms with Crippen molar-refractivity contribution in [1.82, 2.24) is 9.97 Å². The summed E-state index contributed by atoms with van der Waals surface area (Å²) in [5.74, 6) is 0.997. The lowest BCUT2D eigenvalue weighted by Crippen LogP contribution is -2.09. The number of hydrogen-bond donors (Lipinski definition) is 1. The van der Waals surface area contributed by atoms with Gasteiger partial charge in [0.05, 0.1) is 11.3 Å². The van der Waals surface area contributed by atoms with Gasteiger partial charge in [-0.2, -0.15) is 18.4 Å². The van der Waals surface area contributed by atoms with E-state index in [1.807, 2.05) is 26.0 Å². The maximum atomic E-state index is 13.1. The predicted octanol–water partition coefficient (Wildman–Crippen LogP) is 7.25. The number of nitriles is 1. The number of nitrogens with zero attached hydrogens (tertiary/aromatic N) is 3. The minimum Gasteiger partial charge on any atom is -0.339 e. The molecule has 0 saturated carbocycles. The SMILES string of the molecule is CC(C)Cc1nc(SCc2ccc(Cl)cc2)nc(Nc2cccc(C(F)(F)F)c2)c1C#N. The number of alkyl halides is 3. The van der Waals surface area contributed by atoms with E-state index in [9.17, 15) is 18.4 Å². The molecule has 4 nitrogen and oxygen atoms in total. The third-order valence-corrected chi connectivity index (χ3v) is 5.58. The van der Waals surface area contributed by atoms with Crippen molar-refractivity contribution in [2.75, 3.05) is 5.32 Å². The number of anilines is 2. The number of thioether (sulfide) groups is 1. The average Bonchev–Trinajstić information content (AvgIpc) is 2.72. The fraction of sp³-hybridized carbons (Fsp3) is 0.261. The van der Waals surface area contributed by atoms with E-state index in [0.717, 1.165) is 17.7 Å². The van der Waals surface area contributed by atoms with E-state index in [1.165, 1.54) is 23.9 Å². The monoisotopic (exact) mass is 476 g/mol. The third-order valence-electron chi connectivity index (χ3n) is 4.41. The number of nitrogens with one attached hydrogen (secondary N) is 1. The lowest BCUT2D eigenvalue weighted by Gasteiger charge is -2.15. The summed E-state index contributed by atoms with van der Waals surface area (Å²) in [5, 5.41) is 13.7. The highest BCUT2D eigenvalue weighted by Gasteiger charge is 2.30. The molecular weight excluding hydrogens is 457 g/mol. The third kappa shape index (κ3) is 6.38. The molecule has 0 spiro atoms. The molecule has 0 fully saturated rings. The number of rotatable bonds is 7. The number of halogens is 4. The Morgan fingerprint density at radius 3 is 2.47 bits per heavy atom. The van der Waals surface area contributed by atoms with Crippen molar-refractivity contribution in [3.63, 3.8) is 0 Å². The van der Waals surface area contributed by atoms with Gasteiger partial charge < -0.3 is 5.32 Å². The zero-order valence-electron chi connectivity index (χ0n) is 17.4.